The maximum atomic E-state index is 12.7. The van der Waals surface area contributed by atoms with E-state index < -0.39 is 0 Å². The molecular weight excluding hydrogens is 262 g/mol. The van der Waals surface area contributed by atoms with Crippen molar-refractivity contribution in [2.24, 2.45) is 0 Å². The van der Waals surface area contributed by atoms with E-state index in [9.17, 15) is 4.79 Å². The number of rotatable bonds is 4. The minimum absolute atomic E-state index is 0.0477. The molecule has 0 aliphatic heterocycles. The fourth-order valence-corrected chi connectivity index (χ4v) is 2.68. The van der Waals surface area contributed by atoms with Crippen molar-refractivity contribution in [1.29, 1.82) is 0 Å². The fourth-order valence-electron chi connectivity index (χ4n) is 2.49. The van der Waals surface area contributed by atoms with E-state index in [1.165, 1.54) is 6.42 Å². The lowest BCUT2D eigenvalue weighted by Gasteiger charge is -2.37. The van der Waals surface area contributed by atoms with Gasteiger partial charge in [-0.15, -0.1) is 11.6 Å². The zero-order valence-corrected chi connectivity index (χ0v) is 11.4. The van der Waals surface area contributed by atoms with Gasteiger partial charge in [0.15, 0.2) is 0 Å². The van der Waals surface area contributed by atoms with E-state index >= 15 is 0 Å². The van der Waals surface area contributed by atoms with E-state index in [4.69, 9.17) is 11.6 Å². The Morgan fingerprint density at radius 2 is 2.32 bits per heavy atom. The van der Waals surface area contributed by atoms with Crippen LogP contribution in [0.4, 0.5) is 0 Å². The first-order chi connectivity index (χ1) is 9.31. The highest BCUT2D eigenvalue weighted by Crippen LogP contribution is 2.27. The van der Waals surface area contributed by atoms with E-state index in [2.05, 4.69) is 5.10 Å². The molecule has 2 heterocycles. The molecule has 0 atom stereocenters. The molecule has 0 unspecified atom stereocenters. The lowest BCUT2D eigenvalue weighted by atomic mass is 9.91. The minimum Gasteiger partial charge on any atom is -0.334 e. The third-order valence-corrected chi connectivity index (χ3v) is 3.93. The molecule has 1 amide bonds. The molecular formula is C14H16ClN3O. The number of nitrogens with zero attached hydrogens (tertiary/aromatic N) is 3. The molecule has 0 aromatic carbocycles. The summed E-state index contributed by atoms with van der Waals surface area (Å²) in [6.07, 6.45) is 6.87. The van der Waals surface area contributed by atoms with Gasteiger partial charge in [-0.2, -0.15) is 5.10 Å². The number of fused-ring (bicyclic) bond motifs is 1. The third-order valence-electron chi connectivity index (χ3n) is 3.76. The Kier molecular flexibility index (Phi) is 3.42. The van der Waals surface area contributed by atoms with Crippen LogP contribution in [0.15, 0.2) is 30.6 Å². The molecule has 2 aromatic heterocycles. The summed E-state index contributed by atoms with van der Waals surface area (Å²) in [7, 11) is 0. The summed E-state index contributed by atoms with van der Waals surface area (Å²) in [6.45, 7) is 0.606. The fraction of sp³-hybridized carbons (Fsp3) is 0.429. The van der Waals surface area contributed by atoms with E-state index in [-0.39, 0.29) is 5.91 Å². The summed E-state index contributed by atoms with van der Waals surface area (Å²) in [5.41, 5.74) is 1.52. The number of carbonyl (C=O) groups excluding carboxylic acids is 1. The number of carbonyl (C=O) groups is 1. The van der Waals surface area contributed by atoms with Crippen molar-refractivity contribution in [2.75, 3.05) is 12.4 Å². The van der Waals surface area contributed by atoms with Crippen LogP contribution >= 0.6 is 11.6 Å². The molecule has 5 heteroatoms. The second-order valence-electron chi connectivity index (χ2n) is 4.86. The predicted octanol–water partition coefficient (Wildman–Crippen LogP) is 2.57. The summed E-state index contributed by atoms with van der Waals surface area (Å²) in [6, 6.07) is 6.09. The predicted molar refractivity (Wildman–Crippen MR) is 74.6 cm³/mol. The second kappa shape index (κ2) is 5.21. The molecule has 0 radical (unpaired) electrons. The largest absolute Gasteiger partial charge is 0.334 e. The molecule has 0 bridgehead atoms. The molecule has 4 nitrogen and oxygen atoms in total. The van der Waals surface area contributed by atoms with E-state index in [0.29, 0.717) is 24.0 Å². The molecule has 0 N–H and O–H groups in total. The topological polar surface area (TPSA) is 37.6 Å². The van der Waals surface area contributed by atoms with E-state index in [0.717, 1.165) is 18.4 Å². The molecule has 19 heavy (non-hydrogen) atoms. The number of hydrogen-bond donors (Lipinski definition) is 0. The van der Waals surface area contributed by atoms with Crippen LogP contribution in [0.25, 0.3) is 5.52 Å². The highest BCUT2D eigenvalue weighted by Gasteiger charge is 2.30. The Morgan fingerprint density at radius 3 is 3.00 bits per heavy atom. The maximum absolute atomic E-state index is 12.7. The number of amides is 1. The van der Waals surface area contributed by atoms with E-state index in [1.807, 2.05) is 29.3 Å². The van der Waals surface area contributed by atoms with Gasteiger partial charge in [0.2, 0.25) is 0 Å². The van der Waals surface area contributed by atoms with Gasteiger partial charge in [-0.25, -0.2) is 4.52 Å². The van der Waals surface area contributed by atoms with Crippen LogP contribution in [0.5, 0.6) is 0 Å². The Morgan fingerprint density at radius 1 is 1.47 bits per heavy atom. The van der Waals surface area contributed by atoms with Crippen molar-refractivity contribution in [1.82, 2.24) is 14.5 Å². The summed E-state index contributed by atoms with van der Waals surface area (Å²) < 4.78 is 1.73. The van der Waals surface area contributed by atoms with Crippen LogP contribution < -0.4 is 0 Å². The molecule has 1 saturated carbocycles. The SMILES string of the molecule is O=C(c1cnn2ccccc12)N(CCCl)C1CCC1. The van der Waals surface area contributed by atoms with Crippen LogP contribution in [-0.2, 0) is 0 Å². The van der Waals surface area contributed by atoms with Crippen LogP contribution in [0, 0.1) is 0 Å². The second-order valence-corrected chi connectivity index (χ2v) is 5.24. The smallest absolute Gasteiger partial charge is 0.257 e. The van der Waals surface area contributed by atoms with Crippen molar-refractivity contribution in [3.8, 4) is 0 Å². The van der Waals surface area contributed by atoms with Gasteiger partial charge in [-0.05, 0) is 31.4 Å². The highest BCUT2D eigenvalue weighted by molar-refractivity contribution is 6.18. The molecule has 3 rings (SSSR count). The Labute approximate surface area is 117 Å². The van der Waals surface area contributed by atoms with Gasteiger partial charge in [0, 0.05) is 24.7 Å². The summed E-state index contributed by atoms with van der Waals surface area (Å²) >= 11 is 5.83. The van der Waals surface area contributed by atoms with Crippen LogP contribution in [-0.4, -0.2) is 38.9 Å². The minimum atomic E-state index is 0.0477. The number of aromatic nitrogens is 2. The normalized spacial score (nSPS) is 15.4. The number of pyridine rings is 1. The quantitative estimate of drug-likeness (QED) is 0.806. The third kappa shape index (κ3) is 2.21. The van der Waals surface area contributed by atoms with Gasteiger partial charge in [0.05, 0.1) is 17.3 Å². The average Bonchev–Trinajstić information content (AvgIpc) is 2.79. The first kappa shape index (κ1) is 12.5. The molecule has 0 spiro atoms. The molecule has 2 aromatic rings. The van der Waals surface area contributed by atoms with Crippen molar-refractivity contribution in [3.63, 3.8) is 0 Å². The van der Waals surface area contributed by atoms with Gasteiger partial charge >= 0.3 is 0 Å². The van der Waals surface area contributed by atoms with Crippen LogP contribution in [0.1, 0.15) is 29.6 Å². The Hall–Kier alpha value is -1.55. The van der Waals surface area contributed by atoms with Crippen molar-refractivity contribution in [2.45, 2.75) is 25.3 Å². The van der Waals surface area contributed by atoms with Gasteiger partial charge in [-0.3, -0.25) is 4.79 Å². The van der Waals surface area contributed by atoms with Gasteiger partial charge in [0.25, 0.3) is 5.91 Å². The van der Waals surface area contributed by atoms with Crippen molar-refractivity contribution >= 4 is 23.0 Å². The summed E-state index contributed by atoms with van der Waals surface area (Å²) in [5, 5.41) is 4.22. The lowest BCUT2D eigenvalue weighted by molar-refractivity contribution is 0.0600. The van der Waals surface area contributed by atoms with Crippen molar-refractivity contribution in [3.05, 3.63) is 36.2 Å². The van der Waals surface area contributed by atoms with Gasteiger partial charge in [-0.1, -0.05) is 6.07 Å². The molecule has 1 aliphatic carbocycles. The summed E-state index contributed by atoms with van der Waals surface area (Å²) in [4.78, 5) is 14.6. The van der Waals surface area contributed by atoms with Crippen LogP contribution in [0.2, 0.25) is 0 Å². The Balaban J connectivity index is 1.92. The number of alkyl halides is 1. The maximum Gasteiger partial charge on any atom is 0.257 e. The lowest BCUT2D eigenvalue weighted by Crippen LogP contribution is -2.45. The van der Waals surface area contributed by atoms with E-state index in [1.54, 1.807) is 10.7 Å². The highest BCUT2D eigenvalue weighted by atomic mass is 35.5. The molecule has 1 aliphatic rings. The zero-order chi connectivity index (χ0) is 13.2. The zero-order valence-electron chi connectivity index (χ0n) is 10.6. The first-order valence-corrected chi connectivity index (χ1v) is 7.14. The van der Waals surface area contributed by atoms with Gasteiger partial charge in [0.1, 0.15) is 0 Å². The summed E-state index contributed by atoms with van der Waals surface area (Å²) in [5.74, 6) is 0.521. The van der Waals surface area contributed by atoms with Crippen molar-refractivity contribution < 1.29 is 4.79 Å². The molecule has 1 fully saturated rings. The molecule has 0 saturated heterocycles. The van der Waals surface area contributed by atoms with Gasteiger partial charge < -0.3 is 4.90 Å². The standard InChI is InChI=1S/C14H16ClN3O/c15-7-9-17(11-4-3-5-11)14(19)12-10-16-18-8-2-1-6-13(12)18/h1-2,6,8,10-11H,3-5,7,9H2. The van der Waals surface area contributed by atoms with Crippen LogP contribution in [0.3, 0.4) is 0 Å². The molecule has 100 valence electrons. The number of hydrogen-bond acceptors (Lipinski definition) is 2. The Bertz CT molecular complexity index is 591. The first-order valence-electron chi connectivity index (χ1n) is 6.60. The average molecular weight is 278 g/mol. The number of halogens is 1. The monoisotopic (exact) mass is 277 g/mol.